The largest absolute Gasteiger partial charge is 0.378 e. The minimum absolute atomic E-state index is 0.382. The molecule has 0 aliphatic rings. The monoisotopic (exact) mass is 207 g/mol. The third kappa shape index (κ3) is 2.80. The van der Waals surface area contributed by atoms with Gasteiger partial charge in [-0.1, -0.05) is 38.1 Å². The number of rotatable bonds is 3. The van der Waals surface area contributed by atoms with Crippen LogP contribution in [0.1, 0.15) is 37.0 Å². The molecule has 82 valence electrons. The number of amides is 1. The molecule has 1 atom stereocenters. The number of carbonyl (C=O) groups is 1. The maximum absolute atomic E-state index is 11.2. The minimum atomic E-state index is -1.07. The third-order valence-electron chi connectivity index (χ3n) is 2.41. The van der Waals surface area contributed by atoms with E-state index in [2.05, 4.69) is 19.2 Å². The van der Waals surface area contributed by atoms with E-state index in [1.165, 1.54) is 12.6 Å². The molecule has 3 nitrogen and oxygen atoms in total. The summed E-state index contributed by atoms with van der Waals surface area (Å²) in [6.07, 6.45) is -1.07. The molecule has 1 aromatic carbocycles. The predicted octanol–water partition coefficient (Wildman–Crippen LogP) is 1.59. The average Bonchev–Trinajstić information content (AvgIpc) is 2.27. The number of hydrogen-bond donors (Lipinski definition) is 2. The highest BCUT2D eigenvalue weighted by Gasteiger charge is 2.15. The molecule has 0 aromatic heterocycles. The van der Waals surface area contributed by atoms with Gasteiger partial charge < -0.3 is 10.4 Å². The van der Waals surface area contributed by atoms with E-state index in [0.717, 1.165) is 0 Å². The highest BCUT2D eigenvalue weighted by molar-refractivity contribution is 5.81. The second-order valence-corrected chi connectivity index (χ2v) is 3.84. The standard InChI is InChI=1S/C12H17NO2/c1-8(2)9-4-6-10(7-5-9)11(14)12(15)13-3/h4-8,11,14H,1-3H3,(H,13,15). The van der Waals surface area contributed by atoms with E-state index < -0.39 is 6.10 Å². The van der Waals surface area contributed by atoms with E-state index in [1.807, 2.05) is 12.1 Å². The third-order valence-corrected chi connectivity index (χ3v) is 2.41. The molecule has 0 aliphatic carbocycles. The van der Waals surface area contributed by atoms with Crippen LogP contribution in [0.25, 0.3) is 0 Å². The van der Waals surface area contributed by atoms with E-state index in [9.17, 15) is 9.90 Å². The minimum Gasteiger partial charge on any atom is -0.378 e. The molecule has 0 heterocycles. The van der Waals surface area contributed by atoms with Crippen molar-refractivity contribution in [3.63, 3.8) is 0 Å². The number of aliphatic hydroxyl groups is 1. The summed E-state index contributed by atoms with van der Waals surface area (Å²) in [5.74, 6) is 0.0727. The van der Waals surface area contributed by atoms with Gasteiger partial charge in [-0.2, -0.15) is 0 Å². The summed E-state index contributed by atoms with van der Waals surface area (Å²) in [6.45, 7) is 4.20. The summed E-state index contributed by atoms with van der Waals surface area (Å²) in [6, 6.07) is 7.45. The zero-order valence-electron chi connectivity index (χ0n) is 9.32. The van der Waals surface area contributed by atoms with Crippen molar-refractivity contribution in [2.24, 2.45) is 0 Å². The SMILES string of the molecule is CNC(=O)C(O)c1ccc(C(C)C)cc1. The molecule has 0 aliphatic heterocycles. The lowest BCUT2D eigenvalue weighted by molar-refractivity contribution is -0.129. The first kappa shape index (κ1) is 11.7. The first-order valence-corrected chi connectivity index (χ1v) is 5.05. The van der Waals surface area contributed by atoms with Gasteiger partial charge in [0.05, 0.1) is 0 Å². The molecule has 0 bridgehead atoms. The molecule has 0 saturated carbocycles. The Morgan fingerprint density at radius 2 is 1.67 bits per heavy atom. The van der Waals surface area contributed by atoms with Crippen LogP contribution in [0.15, 0.2) is 24.3 Å². The number of benzene rings is 1. The van der Waals surface area contributed by atoms with E-state index in [4.69, 9.17) is 0 Å². The highest BCUT2D eigenvalue weighted by Crippen LogP contribution is 2.18. The number of likely N-dealkylation sites (N-methyl/N-ethyl adjacent to an activating group) is 1. The fourth-order valence-corrected chi connectivity index (χ4v) is 1.35. The lowest BCUT2D eigenvalue weighted by Gasteiger charge is -2.11. The van der Waals surface area contributed by atoms with Crippen molar-refractivity contribution in [1.82, 2.24) is 5.32 Å². The molecule has 1 aromatic rings. The second kappa shape index (κ2) is 4.94. The molecular weight excluding hydrogens is 190 g/mol. The topological polar surface area (TPSA) is 49.3 Å². The maximum Gasteiger partial charge on any atom is 0.253 e. The number of hydrogen-bond acceptors (Lipinski definition) is 2. The van der Waals surface area contributed by atoms with Gasteiger partial charge in [-0.3, -0.25) is 4.79 Å². The van der Waals surface area contributed by atoms with Gasteiger partial charge in [-0.05, 0) is 17.0 Å². The molecule has 1 amide bonds. The molecule has 15 heavy (non-hydrogen) atoms. The van der Waals surface area contributed by atoms with Crippen molar-refractivity contribution in [2.45, 2.75) is 25.9 Å². The van der Waals surface area contributed by atoms with Crippen LogP contribution in [0, 0.1) is 0 Å². The smallest absolute Gasteiger partial charge is 0.253 e. The molecule has 1 unspecified atom stereocenters. The Bertz CT molecular complexity index is 330. The summed E-state index contributed by atoms with van der Waals surface area (Å²) in [5.41, 5.74) is 1.82. The van der Waals surface area contributed by atoms with Gasteiger partial charge in [0.25, 0.3) is 5.91 Å². The Morgan fingerprint density at radius 3 is 2.07 bits per heavy atom. The lowest BCUT2D eigenvalue weighted by atomic mass is 10.00. The second-order valence-electron chi connectivity index (χ2n) is 3.84. The molecule has 2 N–H and O–H groups in total. The molecular formula is C12H17NO2. The molecule has 1 rings (SSSR count). The van der Waals surface area contributed by atoms with Crippen molar-refractivity contribution in [3.05, 3.63) is 35.4 Å². The Hall–Kier alpha value is -1.35. The van der Waals surface area contributed by atoms with Gasteiger partial charge in [0, 0.05) is 7.05 Å². The van der Waals surface area contributed by atoms with Crippen LogP contribution >= 0.6 is 0 Å². The van der Waals surface area contributed by atoms with Crippen molar-refractivity contribution >= 4 is 5.91 Å². The van der Waals surface area contributed by atoms with Crippen molar-refractivity contribution in [1.29, 1.82) is 0 Å². The van der Waals surface area contributed by atoms with Gasteiger partial charge in [-0.15, -0.1) is 0 Å². The van der Waals surface area contributed by atoms with Crippen LogP contribution in [-0.2, 0) is 4.79 Å². The van der Waals surface area contributed by atoms with Gasteiger partial charge in [0.2, 0.25) is 0 Å². The summed E-state index contributed by atoms with van der Waals surface area (Å²) >= 11 is 0. The fraction of sp³-hybridized carbons (Fsp3) is 0.417. The first-order valence-electron chi connectivity index (χ1n) is 5.05. The summed E-state index contributed by atoms with van der Waals surface area (Å²) < 4.78 is 0. The number of nitrogens with one attached hydrogen (secondary N) is 1. The van der Waals surface area contributed by atoms with Crippen molar-refractivity contribution < 1.29 is 9.90 Å². The van der Waals surface area contributed by atoms with Crippen molar-refractivity contribution in [2.75, 3.05) is 7.05 Å². The number of carbonyl (C=O) groups excluding carboxylic acids is 1. The van der Waals surface area contributed by atoms with Gasteiger partial charge in [-0.25, -0.2) is 0 Å². The highest BCUT2D eigenvalue weighted by atomic mass is 16.3. The molecule has 0 saturated heterocycles. The van der Waals surface area contributed by atoms with Gasteiger partial charge in [0.15, 0.2) is 6.10 Å². The fourth-order valence-electron chi connectivity index (χ4n) is 1.35. The molecule has 0 spiro atoms. The van der Waals surface area contributed by atoms with Gasteiger partial charge >= 0.3 is 0 Å². The number of aliphatic hydroxyl groups excluding tert-OH is 1. The van der Waals surface area contributed by atoms with E-state index in [1.54, 1.807) is 12.1 Å². The average molecular weight is 207 g/mol. The van der Waals surface area contributed by atoms with Crippen LogP contribution in [0.4, 0.5) is 0 Å². The quantitative estimate of drug-likeness (QED) is 0.790. The predicted molar refractivity (Wildman–Crippen MR) is 59.6 cm³/mol. The maximum atomic E-state index is 11.2. The van der Waals surface area contributed by atoms with Crippen LogP contribution in [0.2, 0.25) is 0 Å². The van der Waals surface area contributed by atoms with E-state index in [0.29, 0.717) is 11.5 Å². The Labute approximate surface area is 90.1 Å². The zero-order valence-corrected chi connectivity index (χ0v) is 9.32. The van der Waals surface area contributed by atoms with Crippen LogP contribution in [0.3, 0.4) is 0 Å². The van der Waals surface area contributed by atoms with E-state index >= 15 is 0 Å². The normalized spacial score (nSPS) is 12.6. The first-order chi connectivity index (χ1) is 7.06. The van der Waals surface area contributed by atoms with E-state index in [-0.39, 0.29) is 5.91 Å². The molecule has 0 fully saturated rings. The zero-order chi connectivity index (χ0) is 11.4. The van der Waals surface area contributed by atoms with Crippen LogP contribution < -0.4 is 5.32 Å². The van der Waals surface area contributed by atoms with Crippen molar-refractivity contribution in [3.8, 4) is 0 Å². The molecule has 3 heteroatoms. The summed E-state index contributed by atoms with van der Waals surface area (Å²) in [4.78, 5) is 11.2. The van der Waals surface area contributed by atoms with Crippen LogP contribution in [0.5, 0.6) is 0 Å². The van der Waals surface area contributed by atoms with Gasteiger partial charge in [0.1, 0.15) is 0 Å². The molecule has 0 radical (unpaired) electrons. The lowest BCUT2D eigenvalue weighted by Crippen LogP contribution is -2.25. The Balaban J connectivity index is 2.84. The summed E-state index contributed by atoms with van der Waals surface area (Å²) in [7, 11) is 1.51. The Morgan fingerprint density at radius 1 is 1.20 bits per heavy atom. The van der Waals surface area contributed by atoms with Crippen LogP contribution in [-0.4, -0.2) is 18.1 Å². The summed E-state index contributed by atoms with van der Waals surface area (Å²) in [5, 5.41) is 12.0. The Kier molecular flexibility index (Phi) is 3.86.